The van der Waals surface area contributed by atoms with E-state index in [4.69, 9.17) is 9.47 Å². The van der Waals surface area contributed by atoms with Crippen LogP contribution in [0.1, 0.15) is 12.5 Å². The van der Waals surface area contributed by atoms with E-state index in [1.54, 1.807) is 14.2 Å². The fourth-order valence-corrected chi connectivity index (χ4v) is 2.28. The molecule has 5 nitrogen and oxygen atoms in total. The second kappa shape index (κ2) is 7.24. The molecule has 0 aliphatic rings. The number of hydrogen-bond donors (Lipinski definition) is 1. The number of nitrogens with one attached hydrogen (secondary N) is 1. The van der Waals surface area contributed by atoms with Crippen LogP contribution in [-0.4, -0.2) is 43.8 Å². The smallest absolute Gasteiger partial charge is 0.252 e. The van der Waals surface area contributed by atoms with Crippen molar-refractivity contribution in [1.82, 2.24) is 9.88 Å². The topological polar surface area (TPSA) is 54.6 Å². The predicted molar refractivity (Wildman–Crippen MR) is 83.9 cm³/mol. The summed E-state index contributed by atoms with van der Waals surface area (Å²) >= 11 is 0. The lowest BCUT2D eigenvalue weighted by Gasteiger charge is -2.19. The van der Waals surface area contributed by atoms with Gasteiger partial charge < -0.3 is 14.5 Å². The standard InChI is InChI=1S/C16H22N2O3/c1-4-18(7-8-20-2)11-13-9-12-10-14(21-3)5-6-15(12)17-16(13)19/h5-6,9-10H,4,7-8,11H2,1-3H3,(H,17,19). The molecule has 0 amide bonds. The summed E-state index contributed by atoms with van der Waals surface area (Å²) in [5.74, 6) is 0.784. The van der Waals surface area contributed by atoms with Gasteiger partial charge in [-0.2, -0.15) is 0 Å². The quantitative estimate of drug-likeness (QED) is 0.847. The lowest BCUT2D eigenvalue weighted by atomic mass is 10.1. The summed E-state index contributed by atoms with van der Waals surface area (Å²) in [4.78, 5) is 17.3. The van der Waals surface area contributed by atoms with Gasteiger partial charge in [-0.1, -0.05) is 6.92 Å². The third-order valence-electron chi connectivity index (χ3n) is 3.58. The van der Waals surface area contributed by atoms with E-state index >= 15 is 0 Å². The summed E-state index contributed by atoms with van der Waals surface area (Å²) in [6.07, 6.45) is 0. The zero-order valence-electron chi connectivity index (χ0n) is 12.8. The van der Waals surface area contributed by atoms with Crippen LogP contribution < -0.4 is 10.3 Å². The zero-order valence-corrected chi connectivity index (χ0v) is 12.8. The van der Waals surface area contributed by atoms with Crippen LogP contribution in [-0.2, 0) is 11.3 Å². The van der Waals surface area contributed by atoms with Gasteiger partial charge in [0.15, 0.2) is 0 Å². The normalized spacial score (nSPS) is 11.2. The Hall–Kier alpha value is -1.85. The summed E-state index contributed by atoms with van der Waals surface area (Å²) in [6, 6.07) is 7.57. The first kappa shape index (κ1) is 15.5. The first-order valence-electron chi connectivity index (χ1n) is 7.09. The molecule has 0 atom stereocenters. The highest BCUT2D eigenvalue weighted by Crippen LogP contribution is 2.19. The van der Waals surface area contributed by atoms with Gasteiger partial charge in [0.05, 0.1) is 13.7 Å². The van der Waals surface area contributed by atoms with Crippen molar-refractivity contribution < 1.29 is 9.47 Å². The van der Waals surface area contributed by atoms with E-state index in [0.29, 0.717) is 13.2 Å². The number of aromatic amines is 1. The number of nitrogens with zero attached hydrogens (tertiary/aromatic N) is 1. The van der Waals surface area contributed by atoms with Gasteiger partial charge in [-0.3, -0.25) is 9.69 Å². The number of ether oxygens (including phenoxy) is 2. The fraction of sp³-hybridized carbons (Fsp3) is 0.438. The van der Waals surface area contributed by atoms with Gasteiger partial charge >= 0.3 is 0 Å². The minimum atomic E-state index is -0.0384. The molecule has 0 saturated heterocycles. The van der Waals surface area contributed by atoms with Crippen LogP contribution in [0.4, 0.5) is 0 Å². The zero-order chi connectivity index (χ0) is 15.2. The van der Waals surface area contributed by atoms with Gasteiger partial charge in [-0.25, -0.2) is 0 Å². The highest BCUT2D eigenvalue weighted by Gasteiger charge is 2.09. The molecule has 1 aromatic carbocycles. The van der Waals surface area contributed by atoms with Crippen LogP contribution in [0.2, 0.25) is 0 Å². The molecule has 21 heavy (non-hydrogen) atoms. The van der Waals surface area contributed by atoms with E-state index in [1.807, 2.05) is 24.3 Å². The summed E-state index contributed by atoms with van der Waals surface area (Å²) in [5, 5.41) is 0.978. The van der Waals surface area contributed by atoms with Crippen molar-refractivity contribution in [3.8, 4) is 5.75 Å². The molecule has 0 radical (unpaired) electrons. The number of rotatable bonds is 7. The fourth-order valence-electron chi connectivity index (χ4n) is 2.28. The summed E-state index contributed by atoms with van der Waals surface area (Å²) < 4.78 is 10.3. The predicted octanol–water partition coefficient (Wildman–Crippen LogP) is 2.00. The molecular formula is C16H22N2O3. The Bertz CT molecular complexity index is 652. The Labute approximate surface area is 124 Å². The van der Waals surface area contributed by atoms with Crippen LogP contribution in [0, 0.1) is 0 Å². The Balaban J connectivity index is 2.30. The molecule has 0 bridgehead atoms. The average Bonchev–Trinajstić information content (AvgIpc) is 2.51. The van der Waals surface area contributed by atoms with Gasteiger partial charge in [0.1, 0.15) is 5.75 Å². The number of hydrogen-bond acceptors (Lipinski definition) is 4. The van der Waals surface area contributed by atoms with Gasteiger partial charge in [0.2, 0.25) is 0 Å². The Morgan fingerprint density at radius 1 is 1.24 bits per heavy atom. The summed E-state index contributed by atoms with van der Waals surface area (Å²) in [5.41, 5.74) is 1.54. The van der Waals surface area contributed by atoms with Crippen molar-refractivity contribution in [2.45, 2.75) is 13.5 Å². The van der Waals surface area contributed by atoms with Gasteiger partial charge in [-0.05, 0) is 30.8 Å². The lowest BCUT2D eigenvalue weighted by Crippen LogP contribution is -2.29. The molecule has 0 fully saturated rings. The van der Waals surface area contributed by atoms with Crippen LogP contribution in [0.15, 0.2) is 29.1 Å². The molecule has 1 heterocycles. The summed E-state index contributed by atoms with van der Waals surface area (Å²) in [6.45, 7) is 5.03. The van der Waals surface area contributed by atoms with E-state index in [9.17, 15) is 4.79 Å². The van der Waals surface area contributed by atoms with Crippen LogP contribution in [0.25, 0.3) is 10.9 Å². The van der Waals surface area contributed by atoms with Crippen molar-refractivity contribution in [2.24, 2.45) is 0 Å². The molecule has 2 aromatic rings. The largest absolute Gasteiger partial charge is 0.497 e. The van der Waals surface area contributed by atoms with E-state index in [1.165, 1.54) is 0 Å². The number of fused-ring (bicyclic) bond motifs is 1. The molecule has 0 spiro atoms. The van der Waals surface area contributed by atoms with Crippen molar-refractivity contribution in [1.29, 1.82) is 0 Å². The maximum atomic E-state index is 12.2. The lowest BCUT2D eigenvalue weighted by molar-refractivity contribution is 0.147. The monoisotopic (exact) mass is 290 g/mol. The third-order valence-corrected chi connectivity index (χ3v) is 3.58. The van der Waals surface area contributed by atoms with Crippen molar-refractivity contribution in [2.75, 3.05) is 33.9 Å². The first-order chi connectivity index (χ1) is 10.2. The molecule has 1 aromatic heterocycles. The van der Waals surface area contributed by atoms with Crippen molar-refractivity contribution in [3.05, 3.63) is 40.2 Å². The molecule has 0 unspecified atom stereocenters. The van der Waals surface area contributed by atoms with Crippen molar-refractivity contribution in [3.63, 3.8) is 0 Å². The minimum Gasteiger partial charge on any atom is -0.497 e. The molecular weight excluding hydrogens is 268 g/mol. The number of methoxy groups -OCH3 is 2. The first-order valence-corrected chi connectivity index (χ1v) is 7.09. The van der Waals surface area contributed by atoms with E-state index in [0.717, 1.165) is 35.3 Å². The number of benzene rings is 1. The average molecular weight is 290 g/mol. The van der Waals surface area contributed by atoms with Crippen LogP contribution >= 0.6 is 0 Å². The second-order valence-corrected chi connectivity index (χ2v) is 4.94. The molecule has 5 heteroatoms. The molecule has 0 aliphatic heterocycles. The summed E-state index contributed by atoms with van der Waals surface area (Å²) in [7, 11) is 3.32. The van der Waals surface area contributed by atoms with E-state index in [-0.39, 0.29) is 5.56 Å². The highest BCUT2D eigenvalue weighted by molar-refractivity contribution is 5.80. The second-order valence-electron chi connectivity index (χ2n) is 4.94. The molecule has 114 valence electrons. The van der Waals surface area contributed by atoms with E-state index in [2.05, 4.69) is 16.8 Å². The van der Waals surface area contributed by atoms with E-state index < -0.39 is 0 Å². The Morgan fingerprint density at radius 3 is 2.71 bits per heavy atom. The molecule has 1 N–H and O–H groups in total. The number of pyridine rings is 1. The number of aromatic nitrogens is 1. The van der Waals surface area contributed by atoms with Gasteiger partial charge in [0.25, 0.3) is 5.56 Å². The van der Waals surface area contributed by atoms with Gasteiger partial charge in [0, 0.05) is 36.7 Å². The van der Waals surface area contributed by atoms with Gasteiger partial charge in [-0.15, -0.1) is 0 Å². The molecule has 2 rings (SSSR count). The Morgan fingerprint density at radius 2 is 2.05 bits per heavy atom. The number of H-pyrrole nitrogens is 1. The Kier molecular flexibility index (Phi) is 5.36. The van der Waals surface area contributed by atoms with Crippen molar-refractivity contribution >= 4 is 10.9 Å². The SMILES string of the molecule is CCN(CCOC)Cc1cc2cc(OC)ccc2[nH]c1=O. The number of likely N-dealkylation sites (N-methyl/N-ethyl adjacent to an activating group) is 1. The molecule has 0 saturated carbocycles. The third kappa shape index (κ3) is 3.83. The maximum Gasteiger partial charge on any atom is 0.252 e. The highest BCUT2D eigenvalue weighted by atomic mass is 16.5. The minimum absolute atomic E-state index is 0.0384. The maximum absolute atomic E-state index is 12.2. The van der Waals surface area contributed by atoms with Crippen LogP contribution in [0.5, 0.6) is 5.75 Å². The molecule has 0 aliphatic carbocycles. The van der Waals surface area contributed by atoms with Crippen LogP contribution in [0.3, 0.4) is 0 Å².